The molecule has 3 heteroatoms. The van der Waals surface area contributed by atoms with Crippen LogP contribution in [0, 0.1) is 11.3 Å². The van der Waals surface area contributed by atoms with Crippen LogP contribution in [0.3, 0.4) is 0 Å². The highest BCUT2D eigenvalue weighted by molar-refractivity contribution is 4.72. The lowest BCUT2D eigenvalue weighted by Crippen LogP contribution is -2.40. The van der Waals surface area contributed by atoms with Crippen LogP contribution < -0.4 is 11.3 Å². The summed E-state index contributed by atoms with van der Waals surface area (Å²) in [6, 6.07) is 0.264. The van der Waals surface area contributed by atoms with E-state index in [0.717, 1.165) is 6.42 Å². The second-order valence-corrected chi connectivity index (χ2v) is 6.35. The molecule has 0 radical (unpaired) electrons. The number of hydrogen-bond acceptors (Lipinski definition) is 3. The van der Waals surface area contributed by atoms with Crippen molar-refractivity contribution in [3.63, 3.8) is 0 Å². The quantitative estimate of drug-likeness (QED) is 0.522. The van der Waals surface area contributed by atoms with Gasteiger partial charge >= 0.3 is 0 Å². The molecule has 3 N–H and O–H groups in total. The average Bonchev–Trinajstić information content (AvgIpc) is 2.08. The zero-order valence-electron chi connectivity index (χ0n) is 11.8. The topological polar surface area (TPSA) is 47.3 Å². The van der Waals surface area contributed by atoms with E-state index in [1.165, 1.54) is 6.42 Å². The monoisotopic (exact) mass is 230 g/mol. The van der Waals surface area contributed by atoms with E-state index in [2.05, 4.69) is 33.1 Å². The molecule has 0 aliphatic carbocycles. The third-order valence-corrected chi connectivity index (χ3v) is 2.51. The maximum absolute atomic E-state index is 5.58. The molecule has 0 saturated carbocycles. The van der Waals surface area contributed by atoms with Gasteiger partial charge < -0.3 is 4.74 Å². The highest BCUT2D eigenvalue weighted by atomic mass is 16.5. The van der Waals surface area contributed by atoms with Crippen molar-refractivity contribution in [1.82, 2.24) is 5.43 Å². The lowest BCUT2D eigenvalue weighted by atomic mass is 9.83. The van der Waals surface area contributed by atoms with Crippen LogP contribution in [-0.4, -0.2) is 18.8 Å². The lowest BCUT2D eigenvalue weighted by molar-refractivity contribution is 0.0550. The van der Waals surface area contributed by atoms with E-state index in [-0.39, 0.29) is 12.1 Å². The Bertz CT molecular complexity index is 175. The molecule has 0 aromatic carbocycles. The van der Waals surface area contributed by atoms with E-state index in [1.54, 1.807) is 0 Å². The van der Waals surface area contributed by atoms with Gasteiger partial charge in [0.2, 0.25) is 0 Å². The molecular formula is C13H30N2O. The number of ether oxygens (including phenoxy) is 1. The van der Waals surface area contributed by atoms with Crippen LogP contribution in [0.25, 0.3) is 0 Å². The highest BCUT2D eigenvalue weighted by Gasteiger charge is 2.18. The normalized spacial score (nSPS) is 16.5. The summed E-state index contributed by atoms with van der Waals surface area (Å²) < 4.78 is 5.58. The fraction of sp³-hybridized carbons (Fsp3) is 1.00. The Labute approximate surface area is 101 Å². The molecule has 0 aromatic heterocycles. The third kappa shape index (κ3) is 9.13. The van der Waals surface area contributed by atoms with Gasteiger partial charge in [0, 0.05) is 6.04 Å². The maximum Gasteiger partial charge on any atom is 0.0636 e. The predicted octanol–water partition coefficient (Wildman–Crippen LogP) is 2.71. The first-order chi connectivity index (χ1) is 7.24. The Morgan fingerprint density at radius 1 is 1.19 bits per heavy atom. The zero-order chi connectivity index (χ0) is 12.8. The second-order valence-electron chi connectivity index (χ2n) is 6.35. The van der Waals surface area contributed by atoms with Gasteiger partial charge in [0.05, 0.1) is 12.7 Å². The SMILES string of the molecule is CC(CC(COC(C)C)NN)CC(C)(C)C. The molecule has 2 atom stereocenters. The minimum Gasteiger partial charge on any atom is -0.377 e. The Hall–Kier alpha value is -0.120. The van der Waals surface area contributed by atoms with Gasteiger partial charge in [-0.3, -0.25) is 11.3 Å². The number of hydrogen-bond donors (Lipinski definition) is 2. The van der Waals surface area contributed by atoms with Crippen molar-refractivity contribution >= 4 is 0 Å². The van der Waals surface area contributed by atoms with Crippen LogP contribution in [0.1, 0.15) is 54.4 Å². The summed E-state index contributed by atoms with van der Waals surface area (Å²) >= 11 is 0. The minimum atomic E-state index is 0.264. The van der Waals surface area contributed by atoms with Crippen LogP contribution in [0.5, 0.6) is 0 Å². The Morgan fingerprint density at radius 2 is 1.75 bits per heavy atom. The summed E-state index contributed by atoms with van der Waals surface area (Å²) in [6.45, 7) is 13.9. The van der Waals surface area contributed by atoms with Gasteiger partial charge in [-0.2, -0.15) is 0 Å². The molecule has 0 heterocycles. The van der Waals surface area contributed by atoms with Gasteiger partial charge in [-0.05, 0) is 38.0 Å². The number of nitrogens with one attached hydrogen (secondary N) is 1. The largest absolute Gasteiger partial charge is 0.377 e. The Balaban J connectivity index is 3.92. The number of hydrazine groups is 1. The van der Waals surface area contributed by atoms with E-state index in [4.69, 9.17) is 10.6 Å². The summed E-state index contributed by atoms with van der Waals surface area (Å²) in [7, 11) is 0. The molecular weight excluding hydrogens is 200 g/mol. The molecule has 0 saturated heterocycles. The van der Waals surface area contributed by atoms with E-state index in [1.807, 2.05) is 13.8 Å². The van der Waals surface area contributed by atoms with E-state index < -0.39 is 0 Å². The summed E-state index contributed by atoms with van der Waals surface area (Å²) in [6.07, 6.45) is 2.56. The molecule has 0 aliphatic heterocycles. The molecule has 98 valence electrons. The van der Waals surface area contributed by atoms with Crippen molar-refractivity contribution in [3.8, 4) is 0 Å². The van der Waals surface area contributed by atoms with Crippen molar-refractivity contribution < 1.29 is 4.74 Å². The van der Waals surface area contributed by atoms with Crippen molar-refractivity contribution in [3.05, 3.63) is 0 Å². The molecule has 16 heavy (non-hydrogen) atoms. The van der Waals surface area contributed by atoms with Gasteiger partial charge in [0.1, 0.15) is 0 Å². The highest BCUT2D eigenvalue weighted by Crippen LogP contribution is 2.26. The molecule has 0 aliphatic rings. The molecule has 0 rings (SSSR count). The molecule has 2 unspecified atom stereocenters. The lowest BCUT2D eigenvalue weighted by Gasteiger charge is -2.26. The summed E-state index contributed by atoms with van der Waals surface area (Å²) in [5.41, 5.74) is 3.24. The first-order valence-corrected chi connectivity index (χ1v) is 6.32. The summed E-state index contributed by atoms with van der Waals surface area (Å²) in [5.74, 6) is 6.20. The van der Waals surface area contributed by atoms with Crippen molar-refractivity contribution in [2.45, 2.75) is 66.5 Å². The first kappa shape index (κ1) is 15.9. The zero-order valence-corrected chi connectivity index (χ0v) is 11.8. The van der Waals surface area contributed by atoms with Crippen LogP contribution in [0.15, 0.2) is 0 Å². The standard InChI is InChI=1S/C13H30N2O/c1-10(2)16-9-12(15-14)7-11(3)8-13(4,5)6/h10-12,15H,7-9,14H2,1-6H3. The molecule has 0 spiro atoms. The van der Waals surface area contributed by atoms with Gasteiger partial charge in [0.15, 0.2) is 0 Å². The first-order valence-electron chi connectivity index (χ1n) is 6.32. The van der Waals surface area contributed by atoms with Gasteiger partial charge in [-0.1, -0.05) is 27.7 Å². The second kappa shape index (κ2) is 7.25. The van der Waals surface area contributed by atoms with E-state index in [9.17, 15) is 0 Å². The fourth-order valence-corrected chi connectivity index (χ4v) is 2.11. The van der Waals surface area contributed by atoms with Crippen LogP contribution >= 0.6 is 0 Å². The maximum atomic E-state index is 5.58. The van der Waals surface area contributed by atoms with Crippen LogP contribution in [-0.2, 0) is 4.74 Å². The molecule has 0 aromatic rings. The van der Waals surface area contributed by atoms with Crippen LogP contribution in [0.2, 0.25) is 0 Å². The van der Waals surface area contributed by atoms with Gasteiger partial charge in [0.25, 0.3) is 0 Å². The number of rotatable bonds is 7. The fourth-order valence-electron chi connectivity index (χ4n) is 2.11. The predicted molar refractivity (Wildman–Crippen MR) is 70.1 cm³/mol. The average molecular weight is 230 g/mol. The molecule has 3 nitrogen and oxygen atoms in total. The Kier molecular flexibility index (Phi) is 7.20. The van der Waals surface area contributed by atoms with Crippen molar-refractivity contribution in [2.75, 3.05) is 6.61 Å². The third-order valence-electron chi connectivity index (χ3n) is 2.51. The smallest absolute Gasteiger partial charge is 0.0636 e. The summed E-state index contributed by atoms with van der Waals surface area (Å²) in [5, 5.41) is 0. The number of nitrogens with two attached hydrogens (primary N) is 1. The van der Waals surface area contributed by atoms with E-state index >= 15 is 0 Å². The molecule has 0 amide bonds. The van der Waals surface area contributed by atoms with Gasteiger partial charge in [-0.15, -0.1) is 0 Å². The Morgan fingerprint density at radius 3 is 2.12 bits per heavy atom. The molecule has 0 bridgehead atoms. The van der Waals surface area contributed by atoms with Gasteiger partial charge in [-0.25, -0.2) is 0 Å². The van der Waals surface area contributed by atoms with E-state index in [0.29, 0.717) is 17.9 Å². The van der Waals surface area contributed by atoms with Crippen LogP contribution in [0.4, 0.5) is 0 Å². The van der Waals surface area contributed by atoms with Crippen molar-refractivity contribution in [2.24, 2.45) is 17.2 Å². The van der Waals surface area contributed by atoms with Crippen molar-refractivity contribution in [1.29, 1.82) is 0 Å². The molecule has 0 fully saturated rings. The minimum absolute atomic E-state index is 0.264. The summed E-state index contributed by atoms with van der Waals surface area (Å²) in [4.78, 5) is 0.